The fraction of sp³-hybridized carbons (Fsp3) is 0.138. The summed E-state index contributed by atoms with van der Waals surface area (Å²) >= 11 is 0. The highest BCUT2D eigenvalue weighted by atomic mass is 32.2. The van der Waals surface area contributed by atoms with Gasteiger partial charge in [-0.3, -0.25) is 20.4 Å². The zero-order valence-corrected chi connectivity index (χ0v) is 25.1. The van der Waals surface area contributed by atoms with E-state index in [1.54, 1.807) is 25.2 Å². The first kappa shape index (κ1) is 31.4. The lowest BCUT2D eigenvalue weighted by Crippen LogP contribution is -2.26. The maximum atomic E-state index is 11.7. The molecule has 0 unspecified atom stereocenters. The lowest BCUT2D eigenvalue weighted by molar-refractivity contribution is 0.0693. The number of nitrogens with one attached hydrogen (secondary N) is 3. The third-order valence-electron chi connectivity index (χ3n) is 6.67. The summed E-state index contributed by atoms with van der Waals surface area (Å²) in [6.45, 7) is 5.64. The Balaban J connectivity index is 1.53. The van der Waals surface area contributed by atoms with Crippen LogP contribution in [0, 0.1) is 20.8 Å². The third kappa shape index (κ3) is 6.91. The molecule has 4 rings (SSSR count). The molecular formula is C29H32N8O6S. The van der Waals surface area contributed by atoms with Crippen molar-refractivity contribution in [2.45, 2.75) is 25.7 Å². The minimum atomic E-state index is -4.90. The van der Waals surface area contributed by atoms with Gasteiger partial charge in [0, 0.05) is 7.05 Å². The van der Waals surface area contributed by atoms with Crippen molar-refractivity contribution in [2.75, 3.05) is 39.8 Å². The van der Waals surface area contributed by atoms with Crippen LogP contribution in [0.25, 0.3) is 0 Å². The highest BCUT2D eigenvalue weighted by Gasteiger charge is 2.24. The zero-order chi connectivity index (χ0) is 32.3. The number of nitrogens with two attached hydrogens (primary N) is 2. The molecule has 4 aromatic rings. The van der Waals surface area contributed by atoms with E-state index in [1.807, 2.05) is 51.1 Å². The van der Waals surface area contributed by atoms with Crippen molar-refractivity contribution < 1.29 is 28.0 Å². The van der Waals surface area contributed by atoms with E-state index in [4.69, 9.17) is 11.5 Å². The topological polar surface area (TPSA) is 228 Å². The molecule has 0 fully saturated rings. The molecule has 0 amide bonds. The van der Waals surface area contributed by atoms with Gasteiger partial charge in [-0.25, -0.2) is 4.79 Å². The van der Waals surface area contributed by atoms with Gasteiger partial charge in [0.2, 0.25) is 0 Å². The van der Waals surface area contributed by atoms with Gasteiger partial charge < -0.3 is 27.1 Å². The number of rotatable bonds is 10. The number of hydrogen-bond donors (Lipinski definition) is 8. The van der Waals surface area contributed by atoms with Crippen molar-refractivity contribution in [3.8, 4) is 5.75 Å². The number of hydrazine groups is 2. The maximum absolute atomic E-state index is 11.7. The standard InChI is InChI=1S/C29H32N8O6S/c1-15-5-7-18(8-6-15)32-34-22-12-17(3)25(30)27(26(22)31)35-33-19-9-10-23(16(2)11-19)37(4)36-20-13-21(29(39)40)28(38)24(14-20)44(41,42)43/h5-14,33,35-36,38H,30-31H2,1-4H3,(H,39,40)(H,41,42,43). The number of aromatic hydroxyl groups is 1. The second-order valence-corrected chi connectivity index (χ2v) is 11.4. The molecule has 4 aromatic carbocycles. The molecule has 0 aliphatic rings. The lowest BCUT2D eigenvalue weighted by atomic mass is 10.1. The molecule has 0 aliphatic heterocycles. The second-order valence-electron chi connectivity index (χ2n) is 10.0. The molecule has 44 heavy (non-hydrogen) atoms. The molecule has 0 saturated carbocycles. The molecule has 0 radical (unpaired) electrons. The molecule has 0 spiro atoms. The van der Waals surface area contributed by atoms with Crippen molar-refractivity contribution in [3.05, 3.63) is 82.9 Å². The van der Waals surface area contributed by atoms with Crippen molar-refractivity contribution in [1.82, 2.24) is 0 Å². The molecule has 0 bridgehead atoms. The van der Waals surface area contributed by atoms with Crippen LogP contribution < -0.4 is 32.8 Å². The van der Waals surface area contributed by atoms with Crippen molar-refractivity contribution in [2.24, 2.45) is 10.2 Å². The summed E-state index contributed by atoms with van der Waals surface area (Å²) in [5.41, 5.74) is 27.2. The first-order valence-corrected chi connectivity index (χ1v) is 14.5. The number of azo groups is 1. The van der Waals surface area contributed by atoms with Gasteiger partial charge in [-0.15, -0.1) is 5.11 Å². The second kappa shape index (κ2) is 12.4. The Morgan fingerprint density at radius 1 is 0.864 bits per heavy atom. The number of carbonyl (C=O) groups is 1. The summed E-state index contributed by atoms with van der Waals surface area (Å²) in [6, 6.07) is 16.6. The molecular weight excluding hydrogens is 588 g/mol. The molecule has 230 valence electrons. The Hall–Kier alpha value is -5.54. The van der Waals surface area contributed by atoms with Gasteiger partial charge in [0.1, 0.15) is 21.8 Å². The number of aromatic carboxylic acids is 1. The van der Waals surface area contributed by atoms with Gasteiger partial charge in [0.05, 0.1) is 34.1 Å². The number of nitrogens with zero attached hydrogens (tertiary/aromatic N) is 3. The van der Waals surface area contributed by atoms with Crippen LogP contribution in [0.3, 0.4) is 0 Å². The minimum absolute atomic E-state index is 0.000627. The molecule has 14 nitrogen and oxygen atoms in total. The van der Waals surface area contributed by atoms with Crippen molar-refractivity contribution in [1.29, 1.82) is 0 Å². The van der Waals surface area contributed by atoms with Crippen molar-refractivity contribution >= 4 is 61.6 Å². The predicted octanol–water partition coefficient (Wildman–Crippen LogP) is 5.74. The van der Waals surface area contributed by atoms with E-state index < -0.39 is 32.3 Å². The van der Waals surface area contributed by atoms with Gasteiger partial charge in [0.15, 0.2) is 5.75 Å². The SMILES string of the molecule is Cc1ccc(N=Nc2cc(C)c(N)c(NNc3ccc(N(C)Nc4cc(C(=O)O)c(O)c(S(=O)(=O)O)c4)c(C)c3)c2N)cc1. The number of nitrogen functional groups attached to an aromatic ring is 2. The average molecular weight is 621 g/mol. The quantitative estimate of drug-likeness (QED) is 0.0349. The maximum Gasteiger partial charge on any atom is 0.339 e. The Morgan fingerprint density at radius 2 is 1.55 bits per heavy atom. The molecule has 0 heterocycles. The van der Waals surface area contributed by atoms with E-state index in [-0.39, 0.29) is 5.69 Å². The first-order valence-electron chi connectivity index (χ1n) is 13.0. The molecule has 0 aromatic heterocycles. The van der Waals surface area contributed by atoms with Crippen LogP contribution in [0.2, 0.25) is 0 Å². The fourth-order valence-electron chi connectivity index (χ4n) is 4.30. The Labute approximate surface area is 253 Å². The van der Waals surface area contributed by atoms with E-state index >= 15 is 0 Å². The molecule has 0 aliphatic carbocycles. The van der Waals surface area contributed by atoms with Crippen LogP contribution >= 0.6 is 0 Å². The zero-order valence-electron chi connectivity index (χ0n) is 24.2. The Morgan fingerprint density at radius 3 is 2.16 bits per heavy atom. The smallest absolute Gasteiger partial charge is 0.339 e. The minimum Gasteiger partial charge on any atom is -0.506 e. The molecule has 15 heteroatoms. The largest absolute Gasteiger partial charge is 0.506 e. The predicted molar refractivity (Wildman–Crippen MR) is 171 cm³/mol. The first-order chi connectivity index (χ1) is 20.6. The van der Waals surface area contributed by atoms with Gasteiger partial charge >= 0.3 is 5.97 Å². The summed E-state index contributed by atoms with van der Waals surface area (Å²) in [6.07, 6.45) is 0. The lowest BCUT2D eigenvalue weighted by Gasteiger charge is -2.25. The monoisotopic (exact) mass is 620 g/mol. The summed E-state index contributed by atoms with van der Waals surface area (Å²) in [4.78, 5) is 10.6. The number of benzene rings is 4. The van der Waals surface area contributed by atoms with Crippen LogP contribution in [0.15, 0.2) is 75.8 Å². The molecule has 10 N–H and O–H groups in total. The molecule has 0 saturated heterocycles. The van der Waals surface area contributed by atoms with E-state index in [0.29, 0.717) is 39.8 Å². The third-order valence-corrected chi connectivity index (χ3v) is 7.54. The van der Waals surface area contributed by atoms with E-state index in [1.165, 1.54) is 5.01 Å². The summed E-state index contributed by atoms with van der Waals surface area (Å²) in [5, 5.41) is 29.5. The highest BCUT2D eigenvalue weighted by Crippen LogP contribution is 2.39. The van der Waals surface area contributed by atoms with Crippen LogP contribution in [-0.2, 0) is 10.1 Å². The van der Waals surface area contributed by atoms with Crippen molar-refractivity contribution in [3.63, 3.8) is 0 Å². The Kier molecular flexibility index (Phi) is 8.82. The Bertz CT molecular complexity index is 1880. The van der Waals surface area contributed by atoms with Crippen LogP contribution in [0.5, 0.6) is 5.75 Å². The van der Waals surface area contributed by atoms with Crippen LogP contribution in [-0.4, -0.2) is 36.2 Å². The van der Waals surface area contributed by atoms with Crippen LogP contribution in [0.1, 0.15) is 27.0 Å². The number of carboxylic acid groups (broad SMARTS) is 1. The highest BCUT2D eigenvalue weighted by molar-refractivity contribution is 7.86. The van der Waals surface area contributed by atoms with E-state index in [2.05, 4.69) is 26.5 Å². The van der Waals surface area contributed by atoms with E-state index in [9.17, 15) is 28.0 Å². The van der Waals surface area contributed by atoms with Crippen LogP contribution in [0.4, 0.5) is 45.5 Å². The fourth-order valence-corrected chi connectivity index (χ4v) is 4.93. The van der Waals surface area contributed by atoms with E-state index in [0.717, 1.165) is 28.8 Å². The normalized spacial score (nSPS) is 11.4. The number of phenols is 1. The summed E-state index contributed by atoms with van der Waals surface area (Å²) in [7, 11) is -3.28. The van der Waals surface area contributed by atoms with Gasteiger partial charge in [-0.05, 0) is 80.4 Å². The van der Waals surface area contributed by atoms with Gasteiger partial charge in [-0.1, -0.05) is 17.7 Å². The average Bonchev–Trinajstić information content (AvgIpc) is 2.95. The van der Waals surface area contributed by atoms with Gasteiger partial charge in [0.25, 0.3) is 10.1 Å². The van der Waals surface area contributed by atoms with Gasteiger partial charge in [-0.2, -0.15) is 13.5 Å². The number of carboxylic acids is 1. The number of anilines is 6. The molecule has 0 atom stereocenters. The number of hydrogen-bond acceptors (Lipinski definition) is 12. The summed E-state index contributed by atoms with van der Waals surface area (Å²) < 4.78 is 32.8. The summed E-state index contributed by atoms with van der Waals surface area (Å²) in [5.74, 6) is -2.64. The number of aryl methyl sites for hydroxylation is 3.